The van der Waals surface area contributed by atoms with Crippen LogP contribution in [0.15, 0.2) is 24.4 Å². The third-order valence-corrected chi connectivity index (χ3v) is 3.50. The second kappa shape index (κ2) is 4.75. The molecule has 4 heteroatoms. The Labute approximate surface area is 101 Å². The minimum Gasteiger partial charge on any atom is -0.385 e. The summed E-state index contributed by atoms with van der Waals surface area (Å²) in [5.41, 5.74) is 2.28. The van der Waals surface area contributed by atoms with Gasteiger partial charge in [0.25, 0.3) is 0 Å². The standard InChI is InChI=1S/C13H18N4/c1-2-12(7-13-11(1)9-16-17-13)15-8-10-3-5-14-6-4-10/h1-2,7,9-10,14-15H,3-6,8H2,(H,16,17). The van der Waals surface area contributed by atoms with E-state index in [-0.39, 0.29) is 0 Å². The highest BCUT2D eigenvalue weighted by Gasteiger charge is 2.12. The maximum absolute atomic E-state index is 4.03. The molecule has 1 fully saturated rings. The third kappa shape index (κ3) is 2.42. The van der Waals surface area contributed by atoms with Crippen LogP contribution in [-0.2, 0) is 0 Å². The average molecular weight is 230 g/mol. The van der Waals surface area contributed by atoms with E-state index in [2.05, 4.69) is 39.0 Å². The van der Waals surface area contributed by atoms with Gasteiger partial charge in [-0.2, -0.15) is 5.10 Å². The molecule has 1 aromatic carbocycles. The van der Waals surface area contributed by atoms with Crippen LogP contribution in [0.1, 0.15) is 12.8 Å². The van der Waals surface area contributed by atoms with E-state index in [1.807, 2.05) is 6.20 Å². The number of aromatic nitrogens is 2. The van der Waals surface area contributed by atoms with Gasteiger partial charge >= 0.3 is 0 Å². The van der Waals surface area contributed by atoms with Gasteiger partial charge in [0, 0.05) is 17.6 Å². The van der Waals surface area contributed by atoms with Gasteiger partial charge in [-0.3, -0.25) is 5.10 Å². The summed E-state index contributed by atoms with van der Waals surface area (Å²) in [5, 5.41) is 15.1. The second-order valence-electron chi connectivity index (χ2n) is 4.75. The van der Waals surface area contributed by atoms with Crippen LogP contribution in [0.5, 0.6) is 0 Å². The summed E-state index contributed by atoms with van der Waals surface area (Å²) < 4.78 is 0. The lowest BCUT2D eigenvalue weighted by Gasteiger charge is -2.23. The molecule has 2 heterocycles. The Morgan fingerprint density at radius 1 is 1.29 bits per heavy atom. The van der Waals surface area contributed by atoms with Gasteiger partial charge in [0.05, 0.1) is 11.7 Å². The molecule has 3 N–H and O–H groups in total. The highest BCUT2D eigenvalue weighted by atomic mass is 15.1. The summed E-state index contributed by atoms with van der Waals surface area (Å²) in [6, 6.07) is 6.35. The van der Waals surface area contributed by atoms with E-state index in [1.54, 1.807) is 0 Å². The monoisotopic (exact) mass is 230 g/mol. The van der Waals surface area contributed by atoms with E-state index in [0.717, 1.165) is 36.5 Å². The van der Waals surface area contributed by atoms with Crippen LogP contribution in [0.2, 0.25) is 0 Å². The number of nitrogens with zero attached hydrogens (tertiary/aromatic N) is 1. The van der Waals surface area contributed by atoms with Crippen LogP contribution < -0.4 is 10.6 Å². The molecule has 3 rings (SSSR count). The Bertz CT molecular complexity index is 485. The van der Waals surface area contributed by atoms with E-state index >= 15 is 0 Å². The number of aromatic amines is 1. The van der Waals surface area contributed by atoms with Crippen molar-refractivity contribution in [3.05, 3.63) is 24.4 Å². The van der Waals surface area contributed by atoms with Crippen molar-refractivity contribution in [2.24, 2.45) is 5.92 Å². The number of anilines is 1. The summed E-state index contributed by atoms with van der Waals surface area (Å²) in [5.74, 6) is 0.800. The van der Waals surface area contributed by atoms with Crippen molar-refractivity contribution in [3.63, 3.8) is 0 Å². The smallest absolute Gasteiger partial charge is 0.0670 e. The normalized spacial score (nSPS) is 17.4. The number of rotatable bonds is 3. The van der Waals surface area contributed by atoms with Gasteiger partial charge in [-0.25, -0.2) is 0 Å². The van der Waals surface area contributed by atoms with E-state index in [1.165, 1.54) is 18.5 Å². The van der Waals surface area contributed by atoms with Crippen molar-refractivity contribution < 1.29 is 0 Å². The van der Waals surface area contributed by atoms with Crippen LogP contribution in [0.25, 0.3) is 10.9 Å². The summed E-state index contributed by atoms with van der Waals surface area (Å²) in [6.45, 7) is 3.39. The van der Waals surface area contributed by atoms with Crippen LogP contribution in [-0.4, -0.2) is 29.8 Å². The molecule has 0 saturated carbocycles. The van der Waals surface area contributed by atoms with E-state index < -0.39 is 0 Å². The lowest BCUT2D eigenvalue weighted by atomic mass is 9.98. The number of fused-ring (bicyclic) bond motifs is 1. The molecular formula is C13H18N4. The fourth-order valence-electron chi connectivity index (χ4n) is 2.40. The topological polar surface area (TPSA) is 52.7 Å². The van der Waals surface area contributed by atoms with Crippen molar-refractivity contribution in [3.8, 4) is 0 Å². The van der Waals surface area contributed by atoms with Crippen LogP contribution in [0.3, 0.4) is 0 Å². The second-order valence-corrected chi connectivity index (χ2v) is 4.75. The lowest BCUT2D eigenvalue weighted by molar-refractivity contribution is 0.390. The number of nitrogens with one attached hydrogen (secondary N) is 3. The fourth-order valence-corrected chi connectivity index (χ4v) is 2.40. The van der Waals surface area contributed by atoms with Crippen LogP contribution in [0.4, 0.5) is 5.69 Å². The molecule has 0 amide bonds. The predicted molar refractivity (Wildman–Crippen MR) is 70.2 cm³/mol. The third-order valence-electron chi connectivity index (χ3n) is 3.50. The van der Waals surface area contributed by atoms with Crippen molar-refractivity contribution in [1.29, 1.82) is 0 Å². The Morgan fingerprint density at radius 2 is 2.18 bits per heavy atom. The van der Waals surface area contributed by atoms with Crippen LogP contribution >= 0.6 is 0 Å². The number of piperidine rings is 1. The highest BCUT2D eigenvalue weighted by Crippen LogP contribution is 2.18. The van der Waals surface area contributed by atoms with E-state index in [0.29, 0.717) is 0 Å². The van der Waals surface area contributed by atoms with Gasteiger partial charge in [-0.05, 0) is 50.0 Å². The molecule has 0 atom stereocenters. The molecule has 0 bridgehead atoms. The largest absolute Gasteiger partial charge is 0.385 e. The molecule has 0 unspecified atom stereocenters. The molecule has 90 valence electrons. The Morgan fingerprint density at radius 3 is 3.06 bits per heavy atom. The molecule has 2 aromatic rings. The van der Waals surface area contributed by atoms with Crippen molar-refractivity contribution in [1.82, 2.24) is 15.5 Å². The Balaban J connectivity index is 1.63. The first-order valence-corrected chi connectivity index (χ1v) is 6.29. The first kappa shape index (κ1) is 10.6. The molecule has 0 spiro atoms. The number of benzene rings is 1. The lowest BCUT2D eigenvalue weighted by Crippen LogP contribution is -2.31. The van der Waals surface area contributed by atoms with Gasteiger partial charge in [0.15, 0.2) is 0 Å². The van der Waals surface area contributed by atoms with Gasteiger partial charge in [-0.1, -0.05) is 0 Å². The number of hydrogen-bond acceptors (Lipinski definition) is 3. The molecule has 1 aliphatic heterocycles. The summed E-state index contributed by atoms with van der Waals surface area (Å²) in [7, 11) is 0. The zero-order valence-corrected chi connectivity index (χ0v) is 9.87. The minimum atomic E-state index is 0.800. The fraction of sp³-hybridized carbons (Fsp3) is 0.462. The molecule has 1 saturated heterocycles. The Kier molecular flexibility index (Phi) is 2.96. The molecule has 1 aliphatic rings. The first-order chi connectivity index (χ1) is 8.42. The molecule has 17 heavy (non-hydrogen) atoms. The zero-order chi connectivity index (χ0) is 11.5. The SMILES string of the molecule is c1cc2cn[nH]c2cc1NCC1CCNCC1. The first-order valence-electron chi connectivity index (χ1n) is 6.29. The highest BCUT2D eigenvalue weighted by molar-refractivity contribution is 5.81. The average Bonchev–Trinajstić information content (AvgIpc) is 2.85. The van der Waals surface area contributed by atoms with Gasteiger partial charge in [0.2, 0.25) is 0 Å². The summed E-state index contributed by atoms with van der Waals surface area (Å²) >= 11 is 0. The number of H-pyrrole nitrogens is 1. The van der Waals surface area contributed by atoms with Crippen molar-refractivity contribution >= 4 is 16.6 Å². The van der Waals surface area contributed by atoms with E-state index in [9.17, 15) is 0 Å². The molecule has 0 aliphatic carbocycles. The van der Waals surface area contributed by atoms with Gasteiger partial charge in [0.1, 0.15) is 0 Å². The van der Waals surface area contributed by atoms with Crippen molar-refractivity contribution in [2.75, 3.05) is 25.0 Å². The summed E-state index contributed by atoms with van der Waals surface area (Å²) in [4.78, 5) is 0. The molecular weight excluding hydrogens is 212 g/mol. The Hall–Kier alpha value is -1.55. The quantitative estimate of drug-likeness (QED) is 0.755. The maximum Gasteiger partial charge on any atom is 0.0670 e. The predicted octanol–water partition coefficient (Wildman–Crippen LogP) is 1.97. The molecule has 0 radical (unpaired) electrons. The van der Waals surface area contributed by atoms with Gasteiger partial charge < -0.3 is 10.6 Å². The summed E-state index contributed by atoms with van der Waals surface area (Å²) in [6.07, 6.45) is 4.41. The van der Waals surface area contributed by atoms with Crippen molar-refractivity contribution in [2.45, 2.75) is 12.8 Å². The van der Waals surface area contributed by atoms with Crippen LogP contribution in [0, 0.1) is 5.92 Å². The maximum atomic E-state index is 4.03. The molecule has 4 nitrogen and oxygen atoms in total. The molecule has 1 aromatic heterocycles. The zero-order valence-electron chi connectivity index (χ0n) is 9.87. The van der Waals surface area contributed by atoms with Gasteiger partial charge in [-0.15, -0.1) is 0 Å². The number of hydrogen-bond donors (Lipinski definition) is 3. The van der Waals surface area contributed by atoms with E-state index in [4.69, 9.17) is 0 Å². The minimum absolute atomic E-state index is 0.800.